The summed E-state index contributed by atoms with van der Waals surface area (Å²) in [7, 11) is 0. The monoisotopic (exact) mass is 242 g/mol. The van der Waals surface area contributed by atoms with Crippen molar-refractivity contribution in [1.82, 2.24) is 10.2 Å². The molecule has 0 spiro atoms. The molecule has 0 saturated heterocycles. The Morgan fingerprint density at radius 3 is 2.06 bits per heavy atom. The highest BCUT2D eigenvalue weighted by Gasteiger charge is 2.06. The minimum absolute atomic E-state index is 0.635. The first kappa shape index (κ1) is 16.9. The fourth-order valence-corrected chi connectivity index (χ4v) is 2.10. The van der Waals surface area contributed by atoms with Crippen LogP contribution in [0.3, 0.4) is 0 Å². The molecule has 0 amide bonds. The topological polar surface area (TPSA) is 15.3 Å². The van der Waals surface area contributed by atoms with Gasteiger partial charge in [-0.15, -0.1) is 0 Å². The average molecular weight is 242 g/mol. The normalized spacial score (nSPS) is 12.0. The predicted molar refractivity (Wildman–Crippen MR) is 78.6 cm³/mol. The van der Waals surface area contributed by atoms with Gasteiger partial charge in [0.1, 0.15) is 0 Å². The molecule has 0 atom stereocenters. The molecule has 0 radical (unpaired) electrons. The number of unbranched alkanes of at least 4 members (excludes halogenated alkanes) is 3. The second-order valence-corrected chi connectivity index (χ2v) is 5.65. The molecular formula is C15H34N2. The smallest absolute Gasteiger partial charge is 0.00385 e. The number of nitrogens with one attached hydrogen (secondary N) is 1. The van der Waals surface area contributed by atoms with Crippen LogP contribution in [0.15, 0.2) is 0 Å². The van der Waals surface area contributed by atoms with Crippen molar-refractivity contribution < 1.29 is 0 Å². The van der Waals surface area contributed by atoms with E-state index in [4.69, 9.17) is 0 Å². The second kappa shape index (κ2) is 11.0. The van der Waals surface area contributed by atoms with E-state index in [9.17, 15) is 0 Å². The molecule has 0 aromatic rings. The van der Waals surface area contributed by atoms with E-state index in [2.05, 4.69) is 44.8 Å². The molecule has 0 aromatic carbocycles. The van der Waals surface area contributed by atoms with Gasteiger partial charge in [0.2, 0.25) is 0 Å². The van der Waals surface area contributed by atoms with E-state index in [-0.39, 0.29) is 0 Å². The van der Waals surface area contributed by atoms with Crippen molar-refractivity contribution in [2.24, 2.45) is 0 Å². The lowest BCUT2D eigenvalue weighted by molar-refractivity contribution is 0.217. The maximum Gasteiger partial charge on any atom is 0.00385 e. The van der Waals surface area contributed by atoms with Gasteiger partial charge in [-0.3, -0.25) is 0 Å². The lowest BCUT2D eigenvalue weighted by Crippen LogP contribution is -2.32. The maximum atomic E-state index is 3.47. The van der Waals surface area contributed by atoms with Gasteiger partial charge in [0, 0.05) is 12.1 Å². The van der Waals surface area contributed by atoms with E-state index < -0.39 is 0 Å². The van der Waals surface area contributed by atoms with E-state index in [1.807, 2.05) is 0 Å². The SMILES string of the molecule is CCCN(CCCCCCNC(C)C)C(C)C. The summed E-state index contributed by atoms with van der Waals surface area (Å²) in [5.74, 6) is 0. The zero-order valence-electron chi connectivity index (χ0n) is 12.8. The van der Waals surface area contributed by atoms with Crippen LogP contribution in [0.4, 0.5) is 0 Å². The van der Waals surface area contributed by atoms with Gasteiger partial charge in [-0.05, 0) is 52.7 Å². The molecule has 2 heteroatoms. The summed E-state index contributed by atoms with van der Waals surface area (Å²) < 4.78 is 0. The Bertz CT molecular complexity index is 155. The highest BCUT2D eigenvalue weighted by atomic mass is 15.1. The summed E-state index contributed by atoms with van der Waals surface area (Å²) in [5, 5.41) is 3.47. The van der Waals surface area contributed by atoms with Crippen LogP contribution in [0.2, 0.25) is 0 Å². The van der Waals surface area contributed by atoms with Crippen molar-refractivity contribution >= 4 is 0 Å². The summed E-state index contributed by atoms with van der Waals surface area (Å²) in [5.41, 5.74) is 0. The van der Waals surface area contributed by atoms with Gasteiger partial charge in [-0.25, -0.2) is 0 Å². The third-order valence-electron chi connectivity index (χ3n) is 3.17. The van der Waals surface area contributed by atoms with Crippen LogP contribution in [0.1, 0.15) is 66.7 Å². The number of rotatable bonds is 11. The number of hydrogen-bond donors (Lipinski definition) is 1. The quantitative estimate of drug-likeness (QED) is 0.556. The van der Waals surface area contributed by atoms with E-state index in [0.717, 1.165) is 0 Å². The van der Waals surface area contributed by atoms with Crippen molar-refractivity contribution in [3.63, 3.8) is 0 Å². The molecule has 0 aliphatic rings. The average Bonchev–Trinajstić information content (AvgIpc) is 2.25. The number of nitrogens with zero attached hydrogens (tertiary/aromatic N) is 1. The Morgan fingerprint density at radius 1 is 0.882 bits per heavy atom. The standard InChI is InChI=1S/C15H34N2/c1-6-12-17(15(4)5)13-10-8-7-9-11-16-14(2)3/h14-16H,6-13H2,1-5H3. The van der Waals surface area contributed by atoms with E-state index in [1.165, 1.54) is 51.7 Å². The molecule has 2 nitrogen and oxygen atoms in total. The van der Waals surface area contributed by atoms with Gasteiger partial charge in [-0.1, -0.05) is 33.6 Å². The van der Waals surface area contributed by atoms with Gasteiger partial charge in [0.05, 0.1) is 0 Å². The Kier molecular flexibility index (Phi) is 11.0. The fraction of sp³-hybridized carbons (Fsp3) is 1.00. The molecule has 0 rings (SSSR count). The zero-order valence-corrected chi connectivity index (χ0v) is 12.8. The van der Waals surface area contributed by atoms with Crippen molar-refractivity contribution in [2.45, 2.75) is 78.8 Å². The summed E-state index contributed by atoms with van der Waals surface area (Å²) in [6, 6.07) is 1.34. The third kappa shape index (κ3) is 10.8. The molecule has 0 fully saturated rings. The Hall–Kier alpha value is -0.0800. The molecule has 0 aliphatic heterocycles. The number of hydrogen-bond acceptors (Lipinski definition) is 2. The van der Waals surface area contributed by atoms with Crippen molar-refractivity contribution in [3.8, 4) is 0 Å². The first-order valence-electron chi connectivity index (χ1n) is 7.55. The van der Waals surface area contributed by atoms with Gasteiger partial charge in [0.15, 0.2) is 0 Å². The Labute approximate surface area is 109 Å². The van der Waals surface area contributed by atoms with E-state index in [0.29, 0.717) is 12.1 Å². The first-order chi connectivity index (χ1) is 8.07. The summed E-state index contributed by atoms with van der Waals surface area (Å²) in [6.45, 7) is 15.0. The molecule has 104 valence electrons. The third-order valence-corrected chi connectivity index (χ3v) is 3.17. The van der Waals surface area contributed by atoms with Gasteiger partial charge >= 0.3 is 0 Å². The minimum Gasteiger partial charge on any atom is -0.315 e. The maximum absolute atomic E-state index is 3.47. The highest BCUT2D eigenvalue weighted by molar-refractivity contribution is 4.62. The second-order valence-electron chi connectivity index (χ2n) is 5.65. The molecule has 17 heavy (non-hydrogen) atoms. The largest absolute Gasteiger partial charge is 0.315 e. The van der Waals surface area contributed by atoms with Crippen LogP contribution in [-0.4, -0.2) is 36.6 Å². The lowest BCUT2D eigenvalue weighted by Gasteiger charge is -2.25. The van der Waals surface area contributed by atoms with Crippen LogP contribution in [0.5, 0.6) is 0 Å². The summed E-state index contributed by atoms with van der Waals surface area (Å²) in [4.78, 5) is 2.60. The molecular weight excluding hydrogens is 208 g/mol. The Morgan fingerprint density at radius 2 is 1.53 bits per heavy atom. The van der Waals surface area contributed by atoms with Gasteiger partial charge in [-0.2, -0.15) is 0 Å². The molecule has 0 aliphatic carbocycles. The van der Waals surface area contributed by atoms with Crippen molar-refractivity contribution in [3.05, 3.63) is 0 Å². The highest BCUT2D eigenvalue weighted by Crippen LogP contribution is 2.05. The fourth-order valence-electron chi connectivity index (χ4n) is 2.10. The Balaban J connectivity index is 3.36. The van der Waals surface area contributed by atoms with Crippen molar-refractivity contribution in [1.29, 1.82) is 0 Å². The first-order valence-corrected chi connectivity index (χ1v) is 7.55. The zero-order chi connectivity index (χ0) is 13.1. The van der Waals surface area contributed by atoms with E-state index >= 15 is 0 Å². The lowest BCUT2D eigenvalue weighted by atomic mass is 10.1. The van der Waals surface area contributed by atoms with Crippen LogP contribution in [0.25, 0.3) is 0 Å². The minimum atomic E-state index is 0.635. The summed E-state index contributed by atoms with van der Waals surface area (Å²) >= 11 is 0. The van der Waals surface area contributed by atoms with Gasteiger partial charge in [0.25, 0.3) is 0 Å². The van der Waals surface area contributed by atoms with Crippen LogP contribution in [-0.2, 0) is 0 Å². The van der Waals surface area contributed by atoms with E-state index in [1.54, 1.807) is 0 Å². The molecule has 1 N–H and O–H groups in total. The van der Waals surface area contributed by atoms with Crippen LogP contribution in [0, 0.1) is 0 Å². The molecule has 0 heterocycles. The van der Waals surface area contributed by atoms with Crippen LogP contribution >= 0.6 is 0 Å². The van der Waals surface area contributed by atoms with Crippen LogP contribution < -0.4 is 5.32 Å². The van der Waals surface area contributed by atoms with Gasteiger partial charge < -0.3 is 10.2 Å². The predicted octanol–water partition coefficient (Wildman–Crippen LogP) is 3.67. The molecule has 0 aromatic heterocycles. The molecule has 0 saturated carbocycles. The van der Waals surface area contributed by atoms with Crippen molar-refractivity contribution in [2.75, 3.05) is 19.6 Å². The molecule has 0 unspecified atom stereocenters. The molecule has 0 bridgehead atoms. The summed E-state index contributed by atoms with van der Waals surface area (Å²) in [6.07, 6.45) is 6.72.